The molecule has 1 aromatic carbocycles. The van der Waals surface area contributed by atoms with Crippen molar-refractivity contribution in [1.82, 2.24) is 25.0 Å². The molecule has 1 aliphatic carbocycles. The van der Waals surface area contributed by atoms with Gasteiger partial charge in [-0.15, -0.1) is 5.10 Å². The van der Waals surface area contributed by atoms with Crippen molar-refractivity contribution in [2.45, 2.75) is 38.3 Å². The van der Waals surface area contributed by atoms with E-state index < -0.39 is 0 Å². The van der Waals surface area contributed by atoms with E-state index in [9.17, 15) is 0 Å². The second-order valence-corrected chi connectivity index (χ2v) is 5.75. The lowest BCUT2D eigenvalue weighted by Gasteiger charge is -2.12. The maximum absolute atomic E-state index is 4.36. The third-order valence-electron chi connectivity index (χ3n) is 4.17. The summed E-state index contributed by atoms with van der Waals surface area (Å²) in [5.41, 5.74) is 2.71. The maximum Gasteiger partial charge on any atom is 0.184 e. The van der Waals surface area contributed by atoms with Crippen LogP contribution in [0.1, 0.15) is 31.2 Å². The van der Waals surface area contributed by atoms with E-state index in [1.807, 2.05) is 22.9 Å². The molecule has 0 radical (unpaired) electrons. The molecular weight excluding hydrogens is 276 g/mol. The van der Waals surface area contributed by atoms with Gasteiger partial charge in [0, 0.05) is 6.04 Å². The van der Waals surface area contributed by atoms with Crippen molar-refractivity contribution < 1.29 is 0 Å². The van der Waals surface area contributed by atoms with Gasteiger partial charge in [-0.1, -0.05) is 48.4 Å². The molecule has 1 fully saturated rings. The molecule has 1 saturated carbocycles. The summed E-state index contributed by atoms with van der Waals surface area (Å²) in [7, 11) is 0. The van der Waals surface area contributed by atoms with Crippen molar-refractivity contribution >= 4 is 17.0 Å². The van der Waals surface area contributed by atoms with Gasteiger partial charge in [0.05, 0.1) is 6.54 Å². The van der Waals surface area contributed by atoms with Gasteiger partial charge in [0.2, 0.25) is 0 Å². The Morgan fingerprint density at radius 1 is 1.09 bits per heavy atom. The van der Waals surface area contributed by atoms with E-state index in [2.05, 4.69) is 37.7 Å². The third-order valence-corrected chi connectivity index (χ3v) is 4.17. The van der Waals surface area contributed by atoms with Crippen LogP contribution in [0.3, 0.4) is 0 Å². The number of nitrogens with one attached hydrogen (secondary N) is 1. The highest BCUT2D eigenvalue weighted by atomic mass is 15.4. The summed E-state index contributed by atoms with van der Waals surface area (Å²) in [5, 5.41) is 12.0. The standard InChI is InChI=1S/C16H18N6/c1-2-6-12(7-3-1)10-22-16-14(20-21-22)15(17-11-18-16)19-13-8-4-5-9-13/h1-3,6-7,11,13H,4-5,8-10H2,(H,17,18,19). The van der Waals surface area contributed by atoms with Crippen LogP contribution in [-0.4, -0.2) is 31.0 Å². The van der Waals surface area contributed by atoms with Gasteiger partial charge in [0.25, 0.3) is 0 Å². The Hall–Kier alpha value is -2.50. The molecule has 22 heavy (non-hydrogen) atoms. The number of nitrogens with zero attached hydrogens (tertiary/aromatic N) is 5. The zero-order chi connectivity index (χ0) is 14.8. The number of rotatable bonds is 4. The molecule has 0 amide bonds. The molecule has 6 heteroatoms. The highest BCUT2D eigenvalue weighted by molar-refractivity contribution is 5.82. The molecular formula is C16H18N6. The van der Waals surface area contributed by atoms with Crippen LogP contribution in [0.5, 0.6) is 0 Å². The molecule has 0 saturated heterocycles. The minimum absolute atomic E-state index is 0.498. The zero-order valence-corrected chi connectivity index (χ0v) is 12.3. The Morgan fingerprint density at radius 2 is 1.91 bits per heavy atom. The van der Waals surface area contributed by atoms with Crippen LogP contribution in [0, 0.1) is 0 Å². The first kappa shape index (κ1) is 13.2. The fourth-order valence-electron chi connectivity index (χ4n) is 3.02. The SMILES string of the molecule is c1ccc(Cn2nnc3c(NC4CCCC4)ncnc32)cc1. The number of anilines is 1. The fraction of sp³-hybridized carbons (Fsp3) is 0.375. The number of hydrogen-bond donors (Lipinski definition) is 1. The van der Waals surface area contributed by atoms with Crippen LogP contribution in [0.2, 0.25) is 0 Å². The first-order valence-corrected chi connectivity index (χ1v) is 7.75. The van der Waals surface area contributed by atoms with Crippen molar-refractivity contribution in [2.24, 2.45) is 0 Å². The molecule has 112 valence electrons. The summed E-state index contributed by atoms with van der Waals surface area (Å²) < 4.78 is 1.83. The second-order valence-electron chi connectivity index (χ2n) is 5.75. The molecule has 0 atom stereocenters. The van der Waals surface area contributed by atoms with Gasteiger partial charge in [0.15, 0.2) is 17.0 Å². The van der Waals surface area contributed by atoms with E-state index in [-0.39, 0.29) is 0 Å². The summed E-state index contributed by atoms with van der Waals surface area (Å²) >= 11 is 0. The quantitative estimate of drug-likeness (QED) is 0.801. The highest BCUT2D eigenvalue weighted by Gasteiger charge is 2.18. The molecule has 0 bridgehead atoms. The van der Waals surface area contributed by atoms with Crippen LogP contribution in [0.25, 0.3) is 11.2 Å². The second kappa shape index (κ2) is 5.71. The lowest BCUT2D eigenvalue weighted by atomic mass is 10.2. The van der Waals surface area contributed by atoms with Gasteiger partial charge in [-0.2, -0.15) is 0 Å². The monoisotopic (exact) mass is 294 g/mol. The Kier molecular flexibility index (Phi) is 3.42. The number of benzene rings is 1. The van der Waals surface area contributed by atoms with Gasteiger partial charge >= 0.3 is 0 Å². The normalized spacial score (nSPS) is 15.5. The Bertz CT molecular complexity index is 761. The summed E-state index contributed by atoms with van der Waals surface area (Å²) in [6.45, 7) is 0.664. The van der Waals surface area contributed by atoms with Crippen LogP contribution in [-0.2, 0) is 6.54 Å². The topological polar surface area (TPSA) is 68.5 Å². The van der Waals surface area contributed by atoms with Gasteiger partial charge in [0.1, 0.15) is 6.33 Å². The van der Waals surface area contributed by atoms with Gasteiger partial charge in [-0.05, 0) is 18.4 Å². The minimum atomic E-state index is 0.498. The molecule has 1 N–H and O–H groups in total. The maximum atomic E-state index is 4.36. The first-order valence-electron chi connectivity index (χ1n) is 7.75. The van der Waals surface area contributed by atoms with E-state index in [4.69, 9.17) is 0 Å². The average molecular weight is 294 g/mol. The fourth-order valence-corrected chi connectivity index (χ4v) is 3.02. The van der Waals surface area contributed by atoms with Crippen molar-refractivity contribution in [3.8, 4) is 0 Å². The summed E-state index contributed by atoms with van der Waals surface area (Å²) in [4.78, 5) is 8.71. The highest BCUT2D eigenvalue weighted by Crippen LogP contribution is 2.24. The first-order chi connectivity index (χ1) is 10.9. The molecule has 0 unspecified atom stereocenters. The molecule has 3 aromatic rings. The number of aromatic nitrogens is 5. The molecule has 0 aliphatic heterocycles. The Morgan fingerprint density at radius 3 is 2.73 bits per heavy atom. The number of fused-ring (bicyclic) bond motifs is 1. The summed E-state index contributed by atoms with van der Waals surface area (Å²) in [5.74, 6) is 0.802. The van der Waals surface area contributed by atoms with Crippen molar-refractivity contribution in [3.05, 3.63) is 42.2 Å². The number of hydrogen-bond acceptors (Lipinski definition) is 5. The molecule has 0 spiro atoms. The predicted molar refractivity (Wildman–Crippen MR) is 84.5 cm³/mol. The minimum Gasteiger partial charge on any atom is -0.365 e. The third kappa shape index (κ3) is 2.52. The molecule has 4 rings (SSSR count). The van der Waals surface area contributed by atoms with Crippen molar-refractivity contribution in [1.29, 1.82) is 0 Å². The zero-order valence-electron chi connectivity index (χ0n) is 12.3. The largest absolute Gasteiger partial charge is 0.365 e. The van der Waals surface area contributed by atoms with Crippen molar-refractivity contribution in [2.75, 3.05) is 5.32 Å². The van der Waals surface area contributed by atoms with Gasteiger partial charge in [-0.3, -0.25) is 0 Å². The van der Waals surface area contributed by atoms with Crippen LogP contribution < -0.4 is 5.32 Å². The molecule has 6 nitrogen and oxygen atoms in total. The van der Waals surface area contributed by atoms with Crippen molar-refractivity contribution in [3.63, 3.8) is 0 Å². The Labute approximate surface area is 128 Å². The van der Waals surface area contributed by atoms with E-state index in [0.29, 0.717) is 12.6 Å². The summed E-state index contributed by atoms with van der Waals surface area (Å²) in [6.07, 6.45) is 6.55. The van der Waals surface area contributed by atoms with Gasteiger partial charge < -0.3 is 5.32 Å². The van der Waals surface area contributed by atoms with Crippen LogP contribution in [0.4, 0.5) is 5.82 Å². The van der Waals surface area contributed by atoms with E-state index in [0.717, 1.165) is 17.0 Å². The lowest BCUT2D eigenvalue weighted by Crippen LogP contribution is -2.16. The molecule has 1 aliphatic rings. The van der Waals surface area contributed by atoms with E-state index in [1.54, 1.807) is 6.33 Å². The van der Waals surface area contributed by atoms with Gasteiger partial charge in [-0.25, -0.2) is 14.6 Å². The van der Waals surface area contributed by atoms with Crippen LogP contribution >= 0.6 is 0 Å². The average Bonchev–Trinajstić information content (AvgIpc) is 3.19. The smallest absolute Gasteiger partial charge is 0.184 e. The van der Waals surface area contributed by atoms with E-state index >= 15 is 0 Å². The molecule has 2 heterocycles. The summed E-state index contributed by atoms with van der Waals surface area (Å²) in [6, 6.07) is 10.7. The lowest BCUT2D eigenvalue weighted by molar-refractivity contribution is 0.664. The predicted octanol–water partition coefficient (Wildman–Crippen LogP) is 2.62. The van der Waals surface area contributed by atoms with E-state index in [1.165, 1.54) is 31.2 Å². The molecule has 2 aromatic heterocycles. The Balaban J connectivity index is 1.64. The van der Waals surface area contributed by atoms with Crippen LogP contribution in [0.15, 0.2) is 36.7 Å².